The highest BCUT2D eigenvalue weighted by molar-refractivity contribution is 7.98. The maximum Gasteiger partial charge on any atom is 0.336 e. The van der Waals surface area contributed by atoms with Crippen LogP contribution >= 0.6 is 11.8 Å². The van der Waals surface area contributed by atoms with Crippen LogP contribution in [-0.2, 0) is 10.5 Å². The summed E-state index contributed by atoms with van der Waals surface area (Å²) in [5.41, 5.74) is 2.60. The molecule has 2 aromatic heterocycles. The second-order valence-electron chi connectivity index (χ2n) is 7.27. The third-order valence-electron chi connectivity index (χ3n) is 4.97. The number of hydrogen-bond donors (Lipinski definition) is 0. The Kier molecular flexibility index (Phi) is 5.74. The Bertz CT molecular complexity index is 1340. The average molecular weight is 423 g/mol. The molecular formula is C23H22N2O4S. The SMILES string of the molecule is COCC(C)n1c(SCc2cc(=O)oc3cc(C)ccc23)nc2ccccc2c1=O. The van der Waals surface area contributed by atoms with Crippen molar-refractivity contribution in [1.82, 2.24) is 9.55 Å². The van der Waals surface area contributed by atoms with Crippen molar-refractivity contribution in [3.8, 4) is 0 Å². The minimum Gasteiger partial charge on any atom is -0.423 e. The van der Waals surface area contributed by atoms with Gasteiger partial charge in [-0.2, -0.15) is 0 Å². The summed E-state index contributed by atoms with van der Waals surface area (Å²) in [6.07, 6.45) is 0. The van der Waals surface area contributed by atoms with Crippen molar-refractivity contribution >= 4 is 33.6 Å². The maximum absolute atomic E-state index is 13.2. The summed E-state index contributed by atoms with van der Waals surface area (Å²) in [7, 11) is 1.61. The Morgan fingerprint density at radius 2 is 1.93 bits per heavy atom. The van der Waals surface area contributed by atoms with Crippen molar-refractivity contribution < 1.29 is 9.15 Å². The van der Waals surface area contributed by atoms with Crippen LogP contribution in [0.3, 0.4) is 0 Å². The third kappa shape index (κ3) is 3.91. The number of fused-ring (bicyclic) bond motifs is 2. The number of methoxy groups -OCH3 is 1. The largest absolute Gasteiger partial charge is 0.423 e. The highest BCUT2D eigenvalue weighted by Crippen LogP contribution is 2.28. The summed E-state index contributed by atoms with van der Waals surface area (Å²) in [5, 5.41) is 2.05. The molecule has 0 N–H and O–H groups in total. The van der Waals surface area contributed by atoms with Gasteiger partial charge in [-0.3, -0.25) is 9.36 Å². The average Bonchev–Trinajstić information content (AvgIpc) is 2.71. The summed E-state index contributed by atoms with van der Waals surface area (Å²) < 4.78 is 12.3. The fourth-order valence-corrected chi connectivity index (χ4v) is 4.62. The molecule has 2 aromatic carbocycles. The van der Waals surface area contributed by atoms with E-state index in [1.165, 1.54) is 17.8 Å². The first-order valence-electron chi connectivity index (χ1n) is 9.64. The second-order valence-corrected chi connectivity index (χ2v) is 8.21. The van der Waals surface area contributed by atoms with Crippen LogP contribution in [-0.4, -0.2) is 23.3 Å². The van der Waals surface area contributed by atoms with E-state index in [1.807, 2.05) is 50.2 Å². The fourth-order valence-electron chi connectivity index (χ4n) is 3.53. The molecule has 0 saturated heterocycles. The van der Waals surface area contributed by atoms with E-state index in [0.29, 0.717) is 34.0 Å². The van der Waals surface area contributed by atoms with Gasteiger partial charge in [-0.1, -0.05) is 36.0 Å². The number of thioether (sulfide) groups is 1. The minimum atomic E-state index is -0.389. The zero-order valence-electron chi connectivity index (χ0n) is 17.0. The van der Waals surface area contributed by atoms with E-state index in [2.05, 4.69) is 0 Å². The van der Waals surface area contributed by atoms with Crippen LogP contribution in [0.4, 0.5) is 0 Å². The molecule has 30 heavy (non-hydrogen) atoms. The third-order valence-corrected chi connectivity index (χ3v) is 5.97. The van der Waals surface area contributed by atoms with Crippen LogP contribution in [0, 0.1) is 6.92 Å². The summed E-state index contributed by atoms with van der Waals surface area (Å²) in [6.45, 7) is 4.28. The highest BCUT2D eigenvalue weighted by atomic mass is 32.2. The topological polar surface area (TPSA) is 74.3 Å². The molecule has 1 unspecified atom stereocenters. The van der Waals surface area contributed by atoms with E-state index >= 15 is 0 Å². The summed E-state index contributed by atoms with van der Waals surface area (Å²) >= 11 is 1.43. The van der Waals surface area contributed by atoms with Crippen molar-refractivity contribution in [2.75, 3.05) is 13.7 Å². The Labute approximate surface area is 177 Å². The van der Waals surface area contributed by atoms with Gasteiger partial charge in [-0.25, -0.2) is 9.78 Å². The van der Waals surface area contributed by atoms with Crippen LogP contribution in [0.2, 0.25) is 0 Å². The lowest BCUT2D eigenvalue weighted by Gasteiger charge is -2.19. The summed E-state index contributed by atoms with van der Waals surface area (Å²) in [5.74, 6) is 0.482. The van der Waals surface area contributed by atoms with E-state index in [-0.39, 0.29) is 17.2 Å². The normalized spacial score (nSPS) is 12.5. The van der Waals surface area contributed by atoms with Gasteiger partial charge in [0.1, 0.15) is 5.58 Å². The number of nitrogens with zero attached hydrogens (tertiary/aromatic N) is 2. The molecule has 1 atom stereocenters. The number of ether oxygens (including phenoxy) is 1. The van der Waals surface area contributed by atoms with Gasteiger partial charge in [0.25, 0.3) is 5.56 Å². The molecule has 4 aromatic rings. The lowest BCUT2D eigenvalue weighted by atomic mass is 10.1. The molecule has 0 aliphatic rings. The molecule has 7 heteroatoms. The van der Waals surface area contributed by atoms with E-state index in [4.69, 9.17) is 14.1 Å². The molecule has 0 aliphatic heterocycles. The van der Waals surface area contributed by atoms with Crippen LogP contribution < -0.4 is 11.2 Å². The van der Waals surface area contributed by atoms with E-state index < -0.39 is 0 Å². The number of rotatable bonds is 6. The molecule has 0 fully saturated rings. The van der Waals surface area contributed by atoms with Gasteiger partial charge in [0.05, 0.1) is 23.6 Å². The van der Waals surface area contributed by atoms with Crippen LogP contribution in [0.1, 0.15) is 24.1 Å². The lowest BCUT2D eigenvalue weighted by molar-refractivity contribution is 0.156. The standard InChI is InChI=1S/C23H22N2O4S/c1-14-8-9-17-16(11-21(26)29-20(17)10-14)13-30-23-24-19-7-5-4-6-18(19)22(27)25(23)15(2)12-28-3/h4-11,15H,12-13H2,1-3H3. The first-order valence-corrected chi connectivity index (χ1v) is 10.6. The Morgan fingerprint density at radius 3 is 2.73 bits per heavy atom. The summed E-state index contributed by atoms with van der Waals surface area (Å²) in [4.78, 5) is 30.0. The molecule has 154 valence electrons. The van der Waals surface area contributed by atoms with Gasteiger partial charge >= 0.3 is 5.63 Å². The van der Waals surface area contributed by atoms with Crippen LogP contribution in [0.15, 0.2) is 67.7 Å². The fraction of sp³-hybridized carbons (Fsp3) is 0.261. The molecule has 0 radical (unpaired) electrons. The first kappa shape index (κ1) is 20.4. The van der Waals surface area contributed by atoms with Gasteiger partial charge in [0.15, 0.2) is 5.16 Å². The van der Waals surface area contributed by atoms with Gasteiger partial charge in [0.2, 0.25) is 0 Å². The quantitative estimate of drug-likeness (QED) is 0.262. The molecule has 2 heterocycles. The zero-order chi connectivity index (χ0) is 21.3. The van der Waals surface area contributed by atoms with Gasteiger partial charge in [-0.15, -0.1) is 0 Å². The number of aryl methyl sites for hydroxylation is 1. The lowest BCUT2D eigenvalue weighted by Crippen LogP contribution is -2.28. The van der Waals surface area contributed by atoms with E-state index in [1.54, 1.807) is 17.7 Å². The first-order chi connectivity index (χ1) is 14.5. The van der Waals surface area contributed by atoms with Crippen molar-refractivity contribution in [2.24, 2.45) is 0 Å². The van der Waals surface area contributed by atoms with Gasteiger partial charge in [-0.05, 0) is 43.2 Å². The summed E-state index contributed by atoms with van der Waals surface area (Å²) in [6, 6.07) is 14.4. The van der Waals surface area contributed by atoms with Gasteiger partial charge in [0, 0.05) is 24.3 Å². The predicted molar refractivity (Wildman–Crippen MR) is 119 cm³/mol. The van der Waals surface area contributed by atoms with E-state index in [9.17, 15) is 9.59 Å². The molecule has 0 aliphatic carbocycles. The molecular weight excluding hydrogens is 400 g/mol. The number of aromatic nitrogens is 2. The van der Waals surface area contributed by atoms with E-state index in [0.717, 1.165) is 16.5 Å². The molecule has 0 saturated carbocycles. The van der Waals surface area contributed by atoms with Crippen LogP contribution in [0.5, 0.6) is 0 Å². The van der Waals surface area contributed by atoms with Gasteiger partial charge < -0.3 is 9.15 Å². The monoisotopic (exact) mass is 422 g/mol. The molecule has 4 rings (SSSR count). The Balaban J connectivity index is 1.79. The zero-order valence-corrected chi connectivity index (χ0v) is 17.9. The van der Waals surface area contributed by atoms with Crippen molar-refractivity contribution in [2.45, 2.75) is 30.8 Å². The molecule has 0 spiro atoms. The van der Waals surface area contributed by atoms with Crippen molar-refractivity contribution in [1.29, 1.82) is 0 Å². The number of benzene rings is 2. The minimum absolute atomic E-state index is 0.0966. The number of para-hydroxylation sites is 1. The van der Waals surface area contributed by atoms with Crippen molar-refractivity contribution in [3.05, 3.63) is 80.4 Å². The highest BCUT2D eigenvalue weighted by Gasteiger charge is 2.17. The van der Waals surface area contributed by atoms with Crippen LogP contribution in [0.25, 0.3) is 21.9 Å². The molecule has 0 bridgehead atoms. The Morgan fingerprint density at radius 1 is 1.13 bits per heavy atom. The molecule has 0 amide bonds. The Hall–Kier alpha value is -2.90. The molecule has 6 nitrogen and oxygen atoms in total. The predicted octanol–water partition coefficient (Wildman–Crippen LogP) is 4.31. The van der Waals surface area contributed by atoms with Crippen molar-refractivity contribution in [3.63, 3.8) is 0 Å². The smallest absolute Gasteiger partial charge is 0.336 e. The second kappa shape index (κ2) is 8.45. The number of hydrogen-bond acceptors (Lipinski definition) is 6. The maximum atomic E-state index is 13.2.